The van der Waals surface area contributed by atoms with Crippen molar-refractivity contribution < 1.29 is 9.47 Å². The zero-order chi connectivity index (χ0) is 10.6. The maximum absolute atomic E-state index is 5.18. The average molecular weight is 195 g/mol. The summed E-state index contributed by atoms with van der Waals surface area (Å²) in [5, 5.41) is 3.17. The van der Waals surface area contributed by atoms with Crippen LogP contribution >= 0.6 is 0 Å². The molecule has 0 aliphatic heterocycles. The highest BCUT2D eigenvalue weighted by atomic mass is 16.5. The third kappa shape index (κ3) is 2.39. The van der Waals surface area contributed by atoms with Crippen molar-refractivity contribution in [2.45, 2.75) is 13.0 Å². The van der Waals surface area contributed by atoms with Crippen LogP contribution < -0.4 is 14.8 Å². The van der Waals surface area contributed by atoms with Crippen LogP contribution in [0.4, 0.5) is 0 Å². The van der Waals surface area contributed by atoms with Crippen LogP contribution in [0.15, 0.2) is 18.2 Å². The summed E-state index contributed by atoms with van der Waals surface area (Å²) in [6.45, 7) is 2.09. The molecule has 0 saturated heterocycles. The number of hydrogen-bond donors (Lipinski definition) is 1. The van der Waals surface area contributed by atoms with Crippen LogP contribution in [0.5, 0.6) is 11.5 Å². The molecule has 1 atom stereocenters. The predicted molar refractivity (Wildman–Crippen MR) is 57.0 cm³/mol. The van der Waals surface area contributed by atoms with Crippen LogP contribution in [0.25, 0.3) is 0 Å². The molecule has 0 aliphatic carbocycles. The van der Waals surface area contributed by atoms with Gasteiger partial charge in [0.25, 0.3) is 0 Å². The van der Waals surface area contributed by atoms with Crippen molar-refractivity contribution in [1.82, 2.24) is 5.32 Å². The summed E-state index contributed by atoms with van der Waals surface area (Å²) in [6, 6.07) is 6.17. The topological polar surface area (TPSA) is 30.5 Å². The fourth-order valence-electron chi connectivity index (χ4n) is 1.25. The van der Waals surface area contributed by atoms with Gasteiger partial charge in [-0.1, -0.05) is 0 Å². The molecule has 0 fully saturated rings. The predicted octanol–water partition coefficient (Wildman–Crippen LogP) is 1.98. The van der Waals surface area contributed by atoms with Gasteiger partial charge in [0.05, 0.1) is 14.2 Å². The van der Waals surface area contributed by atoms with E-state index in [9.17, 15) is 0 Å². The number of hydrogen-bond acceptors (Lipinski definition) is 3. The summed E-state index contributed by atoms with van der Waals surface area (Å²) in [5.74, 6) is 1.64. The third-order valence-corrected chi connectivity index (χ3v) is 2.31. The lowest BCUT2D eigenvalue weighted by Gasteiger charge is -2.13. The Morgan fingerprint density at radius 2 is 1.57 bits per heavy atom. The van der Waals surface area contributed by atoms with Gasteiger partial charge in [-0.25, -0.2) is 0 Å². The highest BCUT2D eigenvalue weighted by molar-refractivity contribution is 5.39. The van der Waals surface area contributed by atoms with E-state index in [-0.39, 0.29) is 0 Å². The molecule has 14 heavy (non-hydrogen) atoms. The first-order valence-electron chi connectivity index (χ1n) is 4.61. The summed E-state index contributed by atoms with van der Waals surface area (Å²) >= 11 is 0. The third-order valence-electron chi connectivity index (χ3n) is 2.31. The lowest BCUT2D eigenvalue weighted by atomic mass is 10.1. The second kappa shape index (κ2) is 4.86. The minimum absolute atomic E-state index is 0.291. The Labute approximate surface area is 85.0 Å². The van der Waals surface area contributed by atoms with Crippen LogP contribution in [-0.4, -0.2) is 21.3 Å². The van der Waals surface area contributed by atoms with Gasteiger partial charge >= 0.3 is 0 Å². The van der Waals surface area contributed by atoms with Crippen LogP contribution in [0, 0.1) is 0 Å². The molecule has 1 aromatic rings. The lowest BCUT2D eigenvalue weighted by molar-refractivity contribution is 0.392. The zero-order valence-corrected chi connectivity index (χ0v) is 9.13. The highest BCUT2D eigenvalue weighted by Gasteiger charge is 2.06. The van der Waals surface area contributed by atoms with Gasteiger partial charge in [0, 0.05) is 12.1 Å². The van der Waals surface area contributed by atoms with Gasteiger partial charge in [0.2, 0.25) is 0 Å². The van der Waals surface area contributed by atoms with E-state index in [2.05, 4.69) is 12.2 Å². The van der Waals surface area contributed by atoms with Crippen molar-refractivity contribution in [2.75, 3.05) is 21.3 Å². The van der Waals surface area contributed by atoms with Gasteiger partial charge in [0.15, 0.2) is 0 Å². The van der Waals surface area contributed by atoms with Crippen molar-refractivity contribution in [3.63, 3.8) is 0 Å². The smallest absolute Gasteiger partial charge is 0.122 e. The van der Waals surface area contributed by atoms with E-state index in [1.807, 2.05) is 25.2 Å². The largest absolute Gasteiger partial charge is 0.497 e. The van der Waals surface area contributed by atoms with Crippen LogP contribution in [0.2, 0.25) is 0 Å². The molecular formula is C11H17NO2. The summed E-state index contributed by atoms with van der Waals surface area (Å²) in [6.07, 6.45) is 0. The minimum Gasteiger partial charge on any atom is -0.497 e. The standard InChI is InChI=1S/C11H17NO2/c1-8(12-2)9-5-10(13-3)7-11(6-9)14-4/h5-8,12H,1-4H3/t8-/m1/s1. The SMILES string of the molecule is CN[C@H](C)c1cc(OC)cc(OC)c1. The molecule has 0 saturated carbocycles. The number of rotatable bonds is 4. The van der Waals surface area contributed by atoms with Crippen LogP contribution in [0.3, 0.4) is 0 Å². The molecule has 1 aromatic carbocycles. The maximum atomic E-state index is 5.18. The lowest BCUT2D eigenvalue weighted by Crippen LogP contribution is -2.12. The van der Waals surface area contributed by atoms with Crippen LogP contribution in [-0.2, 0) is 0 Å². The summed E-state index contributed by atoms with van der Waals surface area (Å²) in [4.78, 5) is 0. The van der Waals surface area contributed by atoms with Gasteiger partial charge in [-0.2, -0.15) is 0 Å². The fraction of sp³-hybridized carbons (Fsp3) is 0.455. The van der Waals surface area contributed by atoms with E-state index in [1.54, 1.807) is 14.2 Å². The molecule has 0 aromatic heterocycles. The van der Waals surface area contributed by atoms with Crippen molar-refractivity contribution >= 4 is 0 Å². The van der Waals surface area contributed by atoms with E-state index < -0.39 is 0 Å². The van der Waals surface area contributed by atoms with Gasteiger partial charge in [-0.05, 0) is 31.7 Å². The quantitative estimate of drug-likeness (QED) is 0.797. The number of nitrogens with one attached hydrogen (secondary N) is 1. The first kappa shape index (κ1) is 10.9. The molecule has 0 aliphatic rings. The Balaban J connectivity index is 3.04. The Bertz CT molecular complexity index is 277. The Morgan fingerprint density at radius 3 is 1.93 bits per heavy atom. The molecular weight excluding hydrogens is 178 g/mol. The van der Waals surface area contributed by atoms with E-state index in [0.717, 1.165) is 17.1 Å². The molecule has 0 spiro atoms. The van der Waals surface area contributed by atoms with Crippen molar-refractivity contribution in [2.24, 2.45) is 0 Å². The molecule has 0 bridgehead atoms. The first-order chi connectivity index (χ1) is 6.71. The van der Waals surface area contributed by atoms with E-state index in [1.165, 1.54) is 0 Å². The normalized spacial score (nSPS) is 12.3. The Hall–Kier alpha value is -1.22. The van der Waals surface area contributed by atoms with Gasteiger partial charge in [-0.3, -0.25) is 0 Å². The second-order valence-electron chi connectivity index (χ2n) is 3.16. The monoisotopic (exact) mass is 195 g/mol. The van der Waals surface area contributed by atoms with Crippen molar-refractivity contribution in [1.29, 1.82) is 0 Å². The molecule has 3 nitrogen and oxygen atoms in total. The molecule has 3 heteroatoms. The fourth-order valence-corrected chi connectivity index (χ4v) is 1.25. The van der Waals surface area contributed by atoms with Gasteiger partial charge in [-0.15, -0.1) is 0 Å². The molecule has 78 valence electrons. The minimum atomic E-state index is 0.291. The summed E-state index contributed by atoms with van der Waals surface area (Å²) in [5.41, 5.74) is 1.16. The molecule has 0 radical (unpaired) electrons. The van der Waals surface area contributed by atoms with Crippen LogP contribution in [0.1, 0.15) is 18.5 Å². The molecule has 1 N–H and O–H groups in total. The number of benzene rings is 1. The van der Waals surface area contributed by atoms with E-state index >= 15 is 0 Å². The Kier molecular flexibility index (Phi) is 3.77. The maximum Gasteiger partial charge on any atom is 0.122 e. The zero-order valence-electron chi connectivity index (χ0n) is 9.13. The number of ether oxygens (including phenoxy) is 2. The molecule has 0 amide bonds. The molecule has 0 heterocycles. The van der Waals surface area contributed by atoms with E-state index in [0.29, 0.717) is 6.04 Å². The van der Waals surface area contributed by atoms with Crippen molar-refractivity contribution in [3.05, 3.63) is 23.8 Å². The van der Waals surface area contributed by atoms with Gasteiger partial charge in [0.1, 0.15) is 11.5 Å². The van der Waals surface area contributed by atoms with Gasteiger partial charge < -0.3 is 14.8 Å². The van der Waals surface area contributed by atoms with Crippen molar-refractivity contribution in [3.8, 4) is 11.5 Å². The molecule has 1 rings (SSSR count). The second-order valence-corrected chi connectivity index (χ2v) is 3.16. The molecule has 0 unspecified atom stereocenters. The average Bonchev–Trinajstić information content (AvgIpc) is 2.27. The summed E-state index contributed by atoms with van der Waals surface area (Å²) in [7, 11) is 5.24. The first-order valence-corrected chi connectivity index (χ1v) is 4.61. The summed E-state index contributed by atoms with van der Waals surface area (Å²) < 4.78 is 10.4. The Morgan fingerprint density at radius 1 is 1.07 bits per heavy atom. The number of methoxy groups -OCH3 is 2. The highest BCUT2D eigenvalue weighted by Crippen LogP contribution is 2.25. The van der Waals surface area contributed by atoms with E-state index in [4.69, 9.17) is 9.47 Å².